The molecule has 1 fully saturated rings. The molecule has 1 aromatic carbocycles. The molecule has 0 unspecified atom stereocenters. The van der Waals surface area contributed by atoms with Gasteiger partial charge in [-0.15, -0.1) is 0 Å². The highest BCUT2D eigenvalue weighted by Gasteiger charge is 2.22. The van der Waals surface area contributed by atoms with Gasteiger partial charge in [0, 0.05) is 19.6 Å². The molecule has 1 aromatic heterocycles. The molecule has 0 saturated carbocycles. The minimum absolute atomic E-state index is 0.639. The van der Waals surface area contributed by atoms with E-state index in [0.29, 0.717) is 18.3 Å². The first-order valence-electron chi connectivity index (χ1n) is 13.1. The monoisotopic (exact) mass is 468 g/mol. The molecule has 6 heteroatoms. The number of aromatic nitrogens is 2. The molecule has 0 N–H and O–H groups in total. The van der Waals surface area contributed by atoms with Crippen LogP contribution in [0.15, 0.2) is 12.1 Å². The van der Waals surface area contributed by atoms with Crippen LogP contribution in [0.1, 0.15) is 69.2 Å². The highest BCUT2D eigenvalue weighted by atomic mass is 16.5. The lowest BCUT2D eigenvalue weighted by molar-refractivity contribution is 0.214. The molecule has 188 valence electrons. The predicted octanol–water partition coefficient (Wildman–Crippen LogP) is 5.96. The molecule has 3 rings (SSSR count). The largest absolute Gasteiger partial charge is 0.491 e. The summed E-state index contributed by atoms with van der Waals surface area (Å²) in [5.74, 6) is 2.17. The van der Waals surface area contributed by atoms with Crippen LogP contribution in [0.4, 0.5) is 5.69 Å². The first kappa shape index (κ1) is 26.3. The Labute approximate surface area is 206 Å². The summed E-state index contributed by atoms with van der Waals surface area (Å²) in [5.41, 5.74) is 5.22. The van der Waals surface area contributed by atoms with Crippen LogP contribution in [-0.2, 0) is 0 Å². The van der Waals surface area contributed by atoms with Crippen molar-refractivity contribution in [1.82, 2.24) is 14.9 Å². The molecule has 0 aliphatic carbocycles. The summed E-state index contributed by atoms with van der Waals surface area (Å²) in [6.45, 7) is 16.6. The number of nitrogens with zero attached hydrogens (tertiary/aromatic N) is 4. The van der Waals surface area contributed by atoms with Gasteiger partial charge < -0.3 is 14.4 Å². The Bertz CT molecular complexity index is 917. The Morgan fingerprint density at radius 3 is 2.24 bits per heavy atom. The van der Waals surface area contributed by atoms with Crippen LogP contribution in [0.5, 0.6) is 11.6 Å². The van der Waals surface area contributed by atoms with E-state index in [1.807, 2.05) is 0 Å². The van der Waals surface area contributed by atoms with Crippen molar-refractivity contribution in [2.75, 3.05) is 51.3 Å². The molecule has 2 aromatic rings. The summed E-state index contributed by atoms with van der Waals surface area (Å²) in [4.78, 5) is 14.8. The molecule has 0 bridgehead atoms. The minimum atomic E-state index is 0.639. The van der Waals surface area contributed by atoms with Crippen LogP contribution < -0.4 is 14.4 Å². The van der Waals surface area contributed by atoms with Crippen molar-refractivity contribution in [2.24, 2.45) is 0 Å². The number of likely N-dealkylation sites (tertiary alicyclic amines) is 1. The first-order valence-corrected chi connectivity index (χ1v) is 13.1. The zero-order chi connectivity index (χ0) is 24.5. The van der Waals surface area contributed by atoms with Crippen LogP contribution in [0.2, 0.25) is 0 Å². The van der Waals surface area contributed by atoms with Crippen molar-refractivity contribution >= 4 is 5.69 Å². The molecule has 6 nitrogen and oxygen atoms in total. The Kier molecular flexibility index (Phi) is 10.00. The van der Waals surface area contributed by atoms with Gasteiger partial charge in [0.2, 0.25) is 5.88 Å². The molecular formula is C28H44N4O2. The highest BCUT2D eigenvalue weighted by molar-refractivity contribution is 5.72. The molecule has 1 aliphatic heterocycles. The van der Waals surface area contributed by atoms with Crippen molar-refractivity contribution in [3.63, 3.8) is 0 Å². The molecule has 0 spiro atoms. The third-order valence-corrected chi connectivity index (χ3v) is 6.55. The molecule has 1 saturated heterocycles. The third-order valence-electron chi connectivity index (χ3n) is 6.55. The number of ether oxygens (including phenoxy) is 2. The second kappa shape index (κ2) is 12.9. The lowest BCUT2D eigenvalue weighted by Gasteiger charge is -2.27. The van der Waals surface area contributed by atoms with Crippen LogP contribution in [-0.4, -0.2) is 61.3 Å². The van der Waals surface area contributed by atoms with Crippen molar-refractivity contribution in [3.05, 3.63) is 29.0 Å². The lowest BCUT2D eigenvalue weighted by Crippen LogP contribution is -2.29. The van der Waals surface area contributed by atoms with E-state index in [-0.39, 0.29) is 0 Å². The van der Waals surface area contributed by atoms with Gasteiger partial charge in [0.25, 0.3) is 0 Å². The molecule has 0 atom stereocenters. The van der Waals surface area contributed by atoms with Crippen LogP contribution in [0.25, 0.3) is 11.4 Å². The van der Waals surface area contributed by atoms with E-state index in [1.165, 1.54) is 44.3 Å². The quantitative estimate of drug-likeness (QED) is 0.406. The lowest BCUT2D eigenvalue weighted by atomic mass is 10.0. The number of rotatable bonds is 11. The van der Waals surface area contributed by atoms with Crippen molar-refractivity contribution in [1.29, 1.82) is 0 Å². The number of aryl methyl sites for hydroxylation is 3. The van der Waals surface area contributed by atoms with Crippen LogP contribution >= 0.6 is 0 Å². The standard InChI is InChI=1S/C28H44N4O2/c1-7-13-32(14-8-2)26-23(5)29-27(30-28(26)33-6)25-22(4)19-21(3)20-24(25)34-18-17-31-15-11-9-10-12-16-31/h19-20H,7-18H2,1-6H3. The van der Waals surface area contributed by atoms with Crippen LogP contribution in [0.3, 0.4) is 0 Å². The molecule has 1 aliphatic rings. The van der Waals surface area contributed by atoms with E-state index in [1.54, 1.807) is 7.11 Å². The van der Waals surface area contributed by atoms with Gasteiger partial charge in [-0.3, -0.25) is 4.90 Å². The summed E-state index contributed by atoms with van der Waals surface area (Å²) in [6, 6.07) is 4.29. The van der Waals surface area contributed by atoms with E-state index in [2.05, 4.69) is 56.6 Å². The summed E-state index contributed by atoms with van der Waals surface area (Å²) < 4.78 is 12.2. The van der Waals surface area contributed by atoms with Crippen LogP contribution in [0, 0.1) is 20.8 Å². The molecule has 0 radical (unpaired) electrons. The van der Waals surface area contributed by atoms with E-state index in [4.69, 9.17) is 19.4 Å². The smallest absolute Gasteiger partial charge is 0.241 e. The van der Waals surface area contributed by atoms with E-state index < -0.39 is 0 Å². The fraction of sp³-hybridized carbons (Fsp3) is 0.643. The average Bonchev–Trinajstić information content (AvgIpc) is 3.07. The predicted molar refractivity (Wildman–Crippen MR) is 141 cm³/mol. The van der Waals surface area contributed by atoms with Crippen molar-refractivity contribution in [2.45, 2.75) is 73.1 Å². The number of hydrogen-bond acceptors (Lipinski definition) is 6. The Morgan fingerprint density at radius 2 is 1.62 bits per heavy atom. The van der Waals surface area contributed by atoms with Gasteiger partial charge in [-0.25, -0.2) is 4.98 Å². The van der Waals surface area contributed by atoms with E-state index >= 15 is 0 Å². The van der Waals surface area contributed by atoms with Gasteiger partial charge in [-0.2, -0.15) is 4.98 Å². The van der Waals surface area contributed by atoms with Crippen molar-refractivity contribution < 1.29 is 9.47 Å². The fourth-order valence-corrected chi connectivity index (χ4v) is 5.01. The van der Waals surface area contributed by atoms with Gasteiger partial charge in [0.05, 0.1) is 18.4 Å². The van der Waals surface area contributed by atoms with Gasteiger partial charge in [-0.05, 0) is 76.7 Å². The van der Waals surface area contributed by atoms with E-state index in [9.17, 15) is 0 Å². The summed E-state index contributed by atoms with van der Waals surface area (Å²) in [7, 11) is 1.70. The maximum absolute atomic E-state index is 6.39. The average molecular weight is 469 g/mol. The maximum Gasteiger partial charge on any atom is 0.241 e. The summed E-state index contributed by atoms with van der Waals surface area (Å²) in [6.07, 6.45) is 7.41. The van der Waals surface area contributed by atoms with Gasteiger partial charge in [-0.1, -0.05) is 32.8 Å². The Hall–Kier alpha value is -2.34. The Balaban J connectivity index is 1.91. The SMILES string of the molecule is CCCN(CCC)c1c(C)nc(-c2c(C)cc(C)cc2OCCN2CCCCCC2)nc1OC. The molecule has 0 amide bonds. The number of benzene rings is 1. The topological polar surface area (TPSA) is 50.7 Å². The zero-order valence-corrected chi connectivity index (χ0v) is 22.2. The zero-order valence-electron chi connectivity index (χ0n) is 22.2. The number of methoxy groups -OCH3 is 1. The van der Waals surface area contributed by atoms with Crippen molar-refractivity contribution in [3.8, 4) is 23.0 Å². The fourth-order valence-electron chi connectivity index (χ4n) is 5.01. The normalized spacial score (nSPS) is 14.6. The third kappa shape index (κ3) is 6.62. The molecular weight excluding hydrogens is 424 g/mol. The molecule has 34 heavy (non-hydrogen) atoms. The van der Waals surface area contributed by atoms with Gasteiger partial charge in [0.15, 0.2) is 5.82 Å². The van der Waals surface area contributed by atoms with Gasteiger partial charge >= 0.3 is 0 Å². The van der Waals surface area contributed by atoms with Gasteiger partial charge in [0.1, 0.15) is 18.0 Å². The summed E-state index contributed by atoms with van der Waals surface area (Å²) >= 11 is 0. The highest BCUT2D eigenvalue weighted by Crippen LogP contribution is 2.37. The molecule has 2 heterocycles. The van der Waals surface area contributed by atoms with E-state index in [0.717, 1.165) is 60.7 Å². The summed E-state index contributed by atoms with van der Waals surface area (Å²) in [5, 5.41) is 0. The first-order chi connectivity index (χ1) is 16.5. The minimum Gasteiger partial charge on any atom is -0.491 e. The second-order valence-electron chi connectivity index (χ2n) is 9.54. The maximum atomic E-state index is 6.39. The second-order valence-corrected chi connectivity index (χ2v) is 9.54. The number of anilines is 1. The Morgan fingerprint density at radius 1 is 0.941 bits per heavy atom. The number of hydrogen-bond donors (Lipinski definition) is 0.